The van der Waals surface area contributed by atoms with Crippen LogP contribution >= 0.6 is 11.6 Å². The second kappa shape index (κ2) is 7.81. The summed E-state index contributed by atoms with van der Waals surface area (Å²) >= 11 is 4.97. The number of nitrogens with zero attached hydrogens (tertiary/aromatic N) is 1. The number of ether oxygens (including phenoxy) is 1. The van der Waals surface area contributed by atoms with Crippen LogP contribution in [0.2, 0.25) is 0 Å². The first-order chi connectivity index (χ1) is 11.2. The van der Waals surface area contributed by atoms with Gasteiger partial charge in [0.2, 0.25) is 10.0 Å². The molecule has 0 spiro atoms. The van der Waals surface area contributed by atoms with Gasteiger partial charge in [0, 0.05) is 24.7 Å². The minimum atomic E-state index is -3.69. The Bertz CT molecular complexity index is 783. The third-order valence-electron chi connectivity index (χ3n) is 3.70. The second-order valence-corrected chi connectivity index (χ2v) is 9.70. The Labute approximate surface area is 146 Å². The van der Waals surface area contributed by atoms with Gasteiger partial charge in [0.25, 0.3) is 0 Å². The van der Waals surface area contributed by atoms with Crippen molar-refractivity contribution in [2.24, 2.45) is 0 Å². The van der Waals surface area contributed by atoms with Crippen LogP contribution in [-0.2, 0) is 24.6 Å². The zero-order valence-corrected chi connectivity index (χ0v) is 15.2. The smallest absolute Gasteiger partial charge is 0.403 e. The van der Waals surface area contributed by atoms with Crippen molar-refractivity contribution in [1.82, 2.24) is 4.31 Å². The molecule has 0 saturated carbocycles. The maximum Gasteiger partial charge on any atom is 0.403 e. The summed E-state index contributed by atoms with van der Waals surface area (Å²) in [6.07, 6.45) is 2.66. The molecule has 0 aliphatic carbocycles. The fraction of sp³-hybridized carbons (Fsp3) is 0.500. The van der Waals surface area contributed by atoms with Gasteiger partial charge in [-0.1, -0.05) is 6.42 Å². The maximum atomic E-state index is 12.5. The van der Waals surface area contributed by atoms with Gasteiger partial charge in [0.05, 0.1) is 15.5 Å². The van der Waals surface area contributed by atoms with Gasteiger partial charge in [0.15, 0.2) is 9.84 Å². The van der Waals surface area contributed by atoms with E-state index in [1.165, 1.54) is 28.6 Å². The predicted octanol–water partition coefficient (Wildman–Crippen LogP) is 2.01. The molecule has 1 aromatic rings. The van der Waals surface area contributed by atoms with Crippen molar-refractivity contribution in [3.8, 4) is 0 Å². The minimum absolute atomic E-state index is 0.0364. The van der Waals surface area contributed by atoms with Crippen molar-refractivity contribution < 1.29 is 26.4 Å². The highest BCUT2D eigenvalue weighted by Crippen LogP contribution is 2.22. The van der Waals surface area contributed by atoms with E-state index in [1.807, 2.05) is 0 Å². The largest absolute Gasteiger partial charge is 0.453 e. The quantitative estimate of drug-likeness (QED) is 0.683. The molecule has 1 aliphatic rings. The van der Waals surface area contributed by atoms with Crippen molar-refractivity contribution in [3.05, 3.63) is 24.3 Å². The molecule has 24 heavy (non-hydrogen) atoms. The van der Waals surface area contributed by atoms with Crippen molar-refractivity contribution >= 4 is 36.9 Å². The molecule has 0 radical (unpaired) electrons. The number of halogens is 1. The number of sulfone groups is 1. The molecule has 1 aromatic carbocycles. The molecule has 0 N–H and O–H groups in total. The molecule has 1 aliphatic heterocycles. The van der Waals surface area contributed by atoms with E-state index in [-0.39, 0.29) is 16.4 Å². The fourth-order valence-electron chi connectivity index (χ4n) is 2.42. The Morgan fingerprint density at radius 1 is 1.00 bits per heavy atom. The SMILES string of the molecule is O=C(Cl)OCCS(=O)(=O)c1ccc(S(=O)(=O)N2CCCCC2)cc1. The Hall–Kier alpha value is -1.16. The number of hydrogen-bond donors (Lipinski definition) is 0. The number of piperidine rings is 1. The molecule has 0 unspecified atom stereocenters. The van der Waals surface area contributed by atoms with Crippen molar-refractivity contribution in [2.45, 2.75) is 29.1 Å². The first kappa shape index (κ1) is 19.2. The third-order valence-corrected chi connectivity index (χ3v) is 7.42. The lowest BCUT2D eigenvalue weighted by Gasteiger charge is -2.25. The third kappa shape index (κ3) is 4.69. The van der Waals surface area contributed by atoms with E-state index in [2.05, 4.69) is 4.74 Å². The van der Waals surface area contributed by atoms with Gasteiger partial charge in [-0.05, 0) is 37.1 Å². The van der Waals surface area contributed by atoms with Crippen LogP contribution in [0.15, 0.2) is 34.1 Å². The molecule has 1 fully saturated rings. The topological polar surface area (TPSA) is 97.8 Å². The molecule has 7 nitrogen and oxygen atoms in total. The number of carbonyl (C=O) groups excluding carboxylic acids is 1. The van der Waals surface area contributed by atoms with Gasteiger partial charge in [-0.15, -0.1) is 0 Å². The maximum absolute atomic E-state index is 12.5. The molecule has 134 valence electrons. The summed E-state index contributed by atoms with van der Waals surface area (Å²) in [6, 6.07) is 5.05. The Balaban J connectivity index is 2.13. The van der Waals surface area contributed by atoms with E-state index in [4.69, 9.17) is 11.6 Å². The highest BCUT2D eigenvalue weighted by molar-refractivity contribution is 7.91. The van der Waals surface area contributed by atoms with Gasteiger partial charge in [0.1, 0.15) is 6.61 Å². The van der Waals surface area contributed by atoms with E-state index < -0.39 is 31.0 Å². The van der Waals surface area contributed by atoms with Gasteiger partial charge in [-0.25, -0.2) is 21.6 Å². The van der Waals surface area contributed by atoms with E-state index >= 15 is 0 Å². The first-order valence-corrected chi connectivity index (χ1v) is 10.9. The van der Waals surface area contributed by atoms with E-state index in [1.54, 1.807) is 0 Å². The van der Waals surface area contributed by atoms with Crippen molar-refractivity contribution in [1.29, 1.82) is 0 Å². The number of carbonyl (C=O) groups is 1. The zero-order valence-electron chi connectivity index (χ0n) is 12.9. The van der Waals surface area contributed by atoms with Crippen LogP contribution in [0, 0.1) is 0 Å². The van der Waals surface area contributed by atoms with Gasteiger partial charge in [-0.3, -0.25) is 0 Å². The zero-order chi connectivity index (χ0) is 17.8. The van der Waals surface area contributed by atoms with Gasteiger partial charge in [-0.2, -0.15) is 4.31 Å². The minimum Gasteiger partial charge on any atom is -0.453 e. The standard InChI is InChI=1S/C14H18ClNO6S2/c15-14(17)22-10-11-23(18,19)12-4-6-13(7-5-12)24(20,21)16-8-2-1-3-9-16/h4-7H,1-3,8-11H2. The average molecular weight is 396 g/mol. The highest BCUT2D eigenvalue weighted by Gasteiger charge is 2.26. The molecule has 1 heterocycles. The van der Waals surface area contributed by atoms with Gasteiger partial charge >= 0.3 is 5.43 Å². The summed E-state index contributed by atoms with van der Waals surface area (Å²) in [4.78, 5) is 10.5. The fourth-order valence-corrected chi connectivity index (χ4v) is 5.11. The van der Waals surface area contributed by atoms with Crippen molar-refractivity contribution in [3.63, 3.8) is 0 Å². The lowest BCUT2D eigenvalue weighted by atomic mass is 10.2. The summed E-state index contributed by atoms with van der Waals surface area (Å²) in [7, 11) is -7.29. The monoisotopic (exact) mass is 395 g/mol. The summed E-state index contributed by atoms with van der Waals surface area (Å²) < 4.78 is 55.0. The van der Waals surface area contributed by atoms with E-state index in [0.717, 1.165) is 19.3 Å². The van der Waals surface area contributed by atoms with Crippen LogP contribution in [0.25, 0.3) is 0 Å². The molecule has 10 heteroatoms. The summed E-state index contributed by atoms with van der Waals surface area (Å²) in [5.41, 5.74) is -1.08. The lowest BCUT2D eigenvalue weighted by Crippen LogP contribution is -2.35. The molecule has 0 bridgehead atoms. The molecular weight excluding hydrogens is 378 g/mol. The normalized spacial score (nSPS) is 16.7. The lowest BCUT2D eigenvalue weighted by molar-refractivity contribution is 0.180. The highest BCUT2D eigenvalue weighted by atomic mass is 35.5. The van der Waals surface area contributed by atoms with Crippen LogP contribution in [-0.4, -0.2) is 52.0 Å². The van der Waals surface area contributed by atoms with Crippen LogP contribution in [0.4, 0.5) is 4.79 Å². The molecular formula is C14H18ClNO6S2. The van der Waals surface area contributed by atoms with E-state index in [9.17, 15) is 21.6 Å². The van der Waals surface area contributed by atoms with Crippen molar-refractivity contribution in [2.75, 3.05) is 25.4 Å². The molecule has 0 amide bonds. The van der Waals surface area contributed by atoms with Crippen LogP contribution in [0.3, 0.4) is 0 Å². The van der Waals surface area contributed by atoms with Gasteiger partial charge < -0.3 is 4.74 Å². The second-order valence-electron chi connectivity index (χ2n) is 5.34. The molecule has 1 saturated heterocycles. The number of rotatable bonds is 6. The van der Waals surface area contributed by atoms with Crippen LogP contribution in [0.5, 0.6) is 0 Å². The number of benzene rings is 1. The first-order valence-electron chi connectivity index (χ1n) is 7.39. The molecule has 2 rings (SSSR count). The van der Waals surface area contributed by atoms with E-state index in [0.29, 0.717) is 13.1 Å². The summed E-state index contributed by atoms with van der Waals surface area (Å²) in [5.74, 6) is -0.427. The summed E-state index contributed by atoms with van der Waals surface area (Å²) in [5, 5.41) is 0. The predicted molar refractivity (Wildman–Crippen MR) is 88.3 cm³/mol. The number of sulfonamides is 1. The Morgan fingerprint density at radius 3 is 2.08 bits per heavy atom. The Kier molecular flexibility index (Phi) is 6.24. The molecule has 0 atom stereocenters. The average Bonchev–Trinajstić information content (AvgIpc) is 2.55. The molecule has 0 aromatic heterocycles. The van der Waals surface area contributed by atoms with Crippen LogP contribution < -0.4 is 0 Å². The van der Waals surface area contributed by atoms with Crippen LogP contribution in [0.1, 0.15) is 19.3 Å². The summed E-state index contributed by atoms with van der Waals surface area (Å²) in [6.45, 7) is 0.594. The number of hydrogen-bond acceptors (Lipinski definition) is 6. The Morgan fingerprint density at radius 2 is 1.54 bits per heavy atom.